The monoisotopic (exact) mass is 381 g/mol. The maximum absolute atomic E-state index is 12.5. The van der Waals surface area contributed by atoms with E-state index in [1.807, 2.05) is 43.4 Å². The summed E-state index contributed by atoms with van der Waals surface area (Å²) in [6.07, 6.45) is 0.428. The Hall–Kier alpha value is -3.19. The minimum atomic E-state index is -0.232. The van der Waals surface area contributed by atoms with Crippen LogP contribution < -0.4 is 5.32 Å². The summed E-state index contributed by atoms with van der Waals surface area (Å²) < 4.78 is 6.94. The van der Waals surface area contributed by atoms with Crippen molar-refractivity contribution in [3.63, 3.8) is 0 Å². The number of carbonyl (C=O) groups excluding carboxylic acids is 1. The molecular weight excluding hydrogens is 366 g/mol. The highest BCUT2D eigenvalue weighted by atomic mass is 35.5. The molecular formula is C19H16ClN5O2. The molecule has 1 amide bonds. The summed E-state index contributed by atoms with van der Waals surface area (Å²) in [7, 11) is 1.82. The Balaban J connectivity index is 1.40. The first-order valence-corrected chi connectivity index (χ1v) is 8.78. The zero-order valence-electron chi connectivity index (χ0n) is 14.5. The van der Waals surface area contributed by atoms with Crippen LogP contribution in [0.5, 0.6) is 0 Å². The molecule has 0 atom stereocenters. The smallest absolute Gasteiger partial charge is 0.272 e. The molecule has 4 aromatic rings. The van der Waals surface area contributed by atoms with E-state index in [1.54, 1.807) is 16.8 Å². The molecule has 0 radical (unpaired) electrons. The fourth-order valence-corrected chi connectivity index (χ4v) is 2.95. The minimum Gasteiger partial charge on any atom is -0.350 e. The first kappa shape index (κ1) is 17.2. The Morgan fingerprint density at radius 1 is 1.19 bits per heavy atom. The van der Waals surface area contributed by atoms with Crippen LogP contribution in [0.25, 0.3) is 22.3 Å². The molecule has 1 N–H and O–H groups in total. The lowest BCUT2D eigenvalue weighted by Crippen LogP contribution is -2.26. The van der Waals surface area contributed by atoms with Gasteiger partial charge >= 0.3 is 0 Å². The topological polar surface area (TPSA) is 85.8 Å². The number of fused-ring (bicyclic) bond motifs is 1. The van der Waals surface area contributed by atoms with E-state index in [4.69, 9.17) is 16.1 Å². The van der Waals surface area contributed by atoms with Gasteiger partial charge in [-0.1, -0.05) is 35.0 Å². The van der Waals surface area contributed by atoms with Crippen molar-refractivity contribution in [1.82, 2.24) is 25.2 Å². The molecule has 7 nitrogen and oxygen atoms in total. The zero-order valence-corrected chi connectivity index (χ0v) is 15.3. The highest BCUT2D eigenvalue weighted by molar-refractivity contribution is 6.30. The summed E-state index contributed by atoms with van der Waals surface area (Å²) in [5.74, 6) is 0.707. The van der Waals surface area contributed by atoms with E-state index in [0.717, 1.165) is 16.5 Å². The lowest BCUT2D eigenvalue weighted by atomic mass is 10.2. The molecule has 27 heavy (non-hydrogen) atoms. The molecule has 2 aromatic heterocycles. The Kier molecular flexibility index (Phi) is 4.60. The highest BCUT2D eigenvalue weighted by Gasteiger charge is 2.16. The van der Waals surface area contributed by atoms with Crippen LogP contribution in [0.15, 0.2) is 53.1 Å². The van der Waals surface area contributed by atoms with Crippen LogP contribution in [0.3, 0.4) is 0 Å². The van der Waals surface area contributed by atoms with Gasteiger partial charge in [-0.2, -0.15) is 10.1 Å². The molecule has 0 spiro atoms. The van der Waals surface area contributed by atoms with Gasteiger partial charge in [-0.25, -0.2) is 0 Å². The van der Waals surface area contributed by atoms with E-state index < -0.39 is 0 Å². The average Bonchev–Trinajstić information content (AvgIpc) is 3.28. The van der Waals surface area contributed by atoms with Gasteiger partial charge in [0, 0.05) is 36.0 Å². The molecule has 8 heteroatoms. The van der Waals surface area contributed by atoms with Gasteiger partial charge < -0.3 is 9.84 Å². The van der Waals surface area contributed by atoms with Crippen LogP contribution in [0.4, 0.5) is 0 Å². The minimum absolute atomic E-state index is 0.232. The first-order chi connectivity index (χ1) is 13.1. The van der Waals surface area contributed by atoms with E-state index in [0.29, 0.717) is 35.4 Å². The van der Waals surface area contributed by atoms with Gasteiger partial charge in [-0.3, -0.25) is 9.48 Å². The number of aryl methyl sites for hydroxylation is 1. The third-order valence-corrected chi connectivity index (χ3v) is 4.42. The molecule has 2 heterocycles. The second kappa shape index (κ2) is 7.20. The van der Waals surface area contributed by atoms with E-state index >= 15 is 0 Å². The average molecular weight is 382 g/mol. The van der Waals surface area contributed by atoms with Gasteiger partial charge in [0.2, 0.25) is 11.7 Å². The van der Waals surface area contributed by atoms with E-state index in [-0.39, 0.29) is 5.91 Å². The van der Waals surface area contributed by atoms with Gasteiger partial charge in [-0.05, 0) is 30.3 Å². The summed E-state index contributed by atoms with van der Waals surface area (Å²) in [5.41, 5.74) is 2.13. The van der Waals surface area contributed by atoms with Crippen molar-refractivity contribution in [3.05, 3.63) is 65.1 Å². The van der Waals surface area contributed by atoms with Gasteiger partial charge in [0.05, 0.1) is 5.52 Å². The van der Waals surface area contributed by atoms with Crippen molar-refractivity contribution < 1.29 is 9.32 Å². The van der Waals surface area contributed by atoms with Crippen molar-refractivity contribution >= 4 is 28.4 Å². The predicted octanol–water partition coefficient (Wildman–Crippen LogP) is 3.25. The maximum Gasteiger partial charge on any atom is 0.272 e. The van der Waals surface area contributed by atoms with Crippen molar-refractivity contribution in [2.24, 2.45) is 7.05 Å². The number of rotatable bonds is 5. The number of hydrogen-bond donors (Lipinski definition) is 1. The normalized spacial score (nSPS) is 11.0. The number of hydrogen-bond acceptors (Lipinski definition) is 5. The number of nitrogens with one attached hydrogen (secondary N) is 1. The molecule has 0 bridgehead atoms. The number of benzene rings is 2. The van der Waals surface area contributed by atoms with Gasteiger partial charge in [-0.15, -0.1) is 0 Å². The van der Waals surface area contributed by atoms with Crippen molar-refractivity contribution in [3.8, 4) is 11.4 Å². The lowest BCUT2D eigenvalue weighted by molar-refractivity contribution is 0.0949. The Morgan fingerprint density at radius 2 is 1.96 bits per heavy atom. The maximum atomic E-state index is 12.5. The summed E-state index contributed by atoms with van der Waals surface area (Å²) in [5, 5.41) is 12.6. The van der Waals surface area contributed by atoms with Crippen LogP contribution in [0.2, 0.25) is 5.02 Å². The van der Waals surface area contributed by atoms with Crippen LogP contribution >= 0.6 is 11.6 Å². The number of amides is 1. The van der Waals surface area contributed by atoms with Crippen molar-refractivity contribution in [2.45, 2.75) is 6.42 Å². The fraction of sp³-hybridized carbons (Fsp3) is 0.158. The molecule has 0 aliphatic carbocycles. The Morgan fingerprint density at radius 3 is 2.78 bits per heavy atom. The van der Waals surface area contributed by atoms with E-state index in [1.165, 1.54) is 0 Å². The molecule has 2 aromatic carbocycles. The highest BCUT2D eigenvalue weighted by Crippen LogP contribution is 2.19. The molecule has 0 aliphatic rings. The van der Waals surface area contributed by atoms with E-state index in [2.05, 4.69) is 20.6 Å². The summed E-state index contributed by atoms with van der Waals surface area (Å²) in [6.45, 7) is 0.367. The summed E-state index contributed by atoms with van der Waals surface area (Å²) in [6, 6.07) is 14.8. The third kappa shape index (κ3) is 3.54. The van der Waals surface area contributed by atoms with E-state index in [9.17, 15) is 4.79 Å². The standard InChI is InChI=1S/C19H16ClN5O2/c1-25-15-5-3-2-4-14(15)17(23-25)19(26)21-11-10-16-22-18(24-27-16)12-6-8-13(20)9-7-12/h2-9H,10-11H2,1H3,(H,21,26). The first-order valence-electron chi connectivity index (χ1n) is 8.40. The Labute approximate surface area is 159 Å². The number of aromatic nitrogens is 4. The van der Waals surface area contributed by atoms with Crippen molar-refractivity contribution in [2.75, 3.05) is 6.54 Å². The number of carbonyl (C=O) groups is 1. The number of nitrogens with zero attached hydrogens (tertiary/aromatic N) is 4. The van der Waals surface area contributed by atoms with Crippen LogP contribution in [0, 0.1) is 0 Å². The molecule has 4 rings (SSSR count). The summed E-state index contributed by atoms with van der Waals surface area (Å²) >= 11 is 5.88. The zero-order chi connectivity index (χ0) is 18.8. The summed E-state index contributed by atoms with van der Waals surface area (Å²) in [4.78, 5) is 16.8. The van der Waals surface area contributed by atoms with Gasteiger partial charge in [0.1, 0.15) is 0 Å². The van der Waals surface area contributed by atoms with Gasteiger partial charge in [0.25, 0.3) is 5.91 Å². The van der Waals surface area contributed by atoms with Crippen molar-refractivity contribution in [1.29, 1.82) is 0 Å². The quantitative estimate of drug-likeness (QED) is 0.573. The molecule has 0 fully saturated rings. The largest absolute Gasteiger partial charge is 0.350 e. The SMILES string of the molecule is Cn1nc(C(=O)NCCc2nc(-c3ccc(Cl)cc3)no2)c2ccccc21. The lowest BCUT2D eigenvalue weighted by Gasteiger charge is -2.00. The predicted molar refractivity (Wildman–Crippen MR) is 101 cm³/mol. The van der Waals surface area contributed by atoms with Crippen LogP contribution in [0.1, 0.15) is 16.4 Å². The fourth-order valence-electron chi connectivity index (χ4n) is 2.82. The van der Waals surface area contributed by atoms with Gasteiger partial charge in [0.15, 0.2) is 5.69 Å². The second-order valence-electron chi connectivity index (χ2n) is 6.01. The molecule has 0 unspecified atom stereocenters. The Bertz CT molecular complexity index is 1100. The second-order valence-corrected chi connectivity index (χ2v) is 6.45. The molecule has 0 aliphatic heterocycles. The van der Waals surface area contributed by atoms with Crippen LogP contribution in [-0.2, 0) is 13.5 Å². The number of para-hydroxylation sites is 1. The molecule has 0 saturated carbocycles. The number of halogens is 1. The molecule has 0 saturated heterocycles. The molecule has 136 valence electrons. The van der Waals surface area contributed by atoms with Crippen LogP contribution in [-0.4, -0.2) is 32.4 Å². The third-order valence-electron chi connectivity index (χ3n) is 4.17.